The third-order valence-corrected chi connectivity index (χ3v) is 3.71. The van der Waals surface area contributed by atoms with Crippen molar-refractivity contribution in [3.63, 3.8) is 0 Å². The summed E-state index contributed by atoms with van der Waals surface area (Å²) in [6.45, 7) is 7.86. The highest BCUT2D eigenvalue weighted by molar-refractivity contribution is 5.58. The van der Waals surface area contributed by atoms with Crippen LogP contribution in [0.25, 0.3) is 0 Å². The first-order valence-corrected chi connectivity index (χ1v) is 6.41. The zero-order valence-electron chi connectivity index (χ0n) is 11.3. The molecule has 2 unspecified atom stereocenters. The number of hydrogen-bond donors (Lipinski definition) is 1. The van der Waals surface area contributed by atoms with Crippen LogP contribution in [0.1, 0.15) is 30.2 Å². The number of hydrogen-bond acceptors (Lipinski definition) is 4. The largest absolute Gasteiger partial charge is 0.355 e. The molecule has 4 nitrogen and oxygen atoms in total. The summed E-state index contributed by atoms with van der Waals surface area (Å²) in [6, 6.07) is 4.50. The summed E-state index contributed by atoms with van der Waals surface area (Å²) in [7, 11) is 0. The van der Waals surface area contributed by atoms with Crippen LogP contribution in [0.2, 0.25) is 0 Å². The molecule has 4 heteroatoms. The van der Waals surface area contributed by atoms with Gasteiger partial charge in [-0.3, -0.25) is 0 Å². The van der Waals surface area contributed by atoms with Gasteiger partial charge in [0.1, 0.15) is 11.9 Å². The molecule has 1 aliphatic heterocycles. The highest BCUT2D eigenvalue weighted by Crippen LogP contribution is 2.26. The van der Waals surface area contributed by atoms with E-state index in [1.807, 2.05) is 19.9 Å². The number of nitriles is 1. The Morgan fingerprint density at radius 3 is 2.83 bits per heavy atom. The number of anilines is 1. The Hall–Kier alpha value is -1.60. The molecule has 2 rings (SSSR count). The van der Waals surface area contributed by atoms with Gasteiger partial charge in [0.05, 0.1) is 5.56 Å². The van der Waals surface area contributed by atoms with Crippen molar-refractivity contribution >= 4 is 5.82 Å². The van der Waals surface area contributed by atoms with Gasteiger partial charge >= 0.3 is 0 Å². The van der Waals surface area contributed by atoms with E-state index < -0.39 is 0 Å². The minimum absolute atomic E-state index is 0.262. The van der Waals surface area contributed by atoms with E-state index in [1.165, 1.54) is 0 Å². The molecule has 0 radical (unpaired) electrons. The topological polar surface area (TPSA) is 65.9 Å². The monoisotopic (exact) mass is 244 g/mol. The second-order valence-corrected chi connectivity index (χ2v) is 5.27. The smallest absolute Gasteiger partial charge is 0.147 e. The standard InChI is InChI=1S/C14H20N4/c1-9-6-11(3)17-14(12(9)7-15)18-5-4-13(16)10(2)8-18/h6,10,13H,4-5,8,16H2,1-3H3. The predicted octanol–water partition coefficient (Wildman–Crippen LogP) is 1.74. The average Bonchev–Trinajstić information content (AvgIpc) is 2.32. The van der Waals surface area contributed by atoms with Crippen molar-refractivity contribution < 1.29 is 0 Å². The van der Waals surface area contributed by atoms with Crippen LogP contribution >= 0.6 is 0 Å². The number of aryl methyl sites for hydroxylation is 2. The molecule has 0 saturated carbocycles. The lowest BCUT2D eigenvalue weighted by Gasteiger charge is -2.36. The van der Waals surface area contributed by atoms with Crippen LogP contribution in [0.5, 0.6) is 0 Å². The van der Waals surface area contributed by atoms with Gasteiger partial charge in [0, 0.05) is 24.8 Å². The van der Waals surface area contributed by atoms with E-state index in [0.717, 1.165) is 36.6 Å². The van der Waals surface area contributed by atoms with Crippen LogP contribution in [-0.4, -0.2) is 24.1 Å². The van der Waals surface area contributed by atoms with Crippen molar-refractivity contribution in [1.82, 2.24) is 4.98 Å². The zero-order valence-corrected chi connectivity index (χ0v) is 11.3. The molecule has 1 aromatic rings. The Kier molecular flexibility index (Phi) is 3.53. The Morgan fingerprint density at radius 1 is 1.50 bits per heavy atom. The molecule has 1 fully saturated rings. The molecule has 2 atom stereocenters. The van der Waals surface area contributed by atoms with Crippen molar-refractivity contribution in [3.8, 4) is 6.07 Å². The van der Waals surface area contributed by atoms with Crippen LogP contribution < -0.4 is 10.6 Å². The first-order chi connectivity index (χ1) is 8.52. The number of nitrogens with zero attached hydrogens (tertiary/aromatic N) is 3. The zero-order chi connectivity index (χ0) is 13.3. The van der Waals surface area contributed by atoms with Crippen molar-refractivity contribution in [2.45, 2.75) is 33.2 Å². The number of pyridine rings is 1. The van der Waals surface area contributed by atoms with Gasteiger partial charge < -0.3 is 10.6 Å². The van der Waals surface area contributed by atoms with Gasteiger partial charge in [0.25, 0.3) is 0 Å². The minimum Gasteiger partial charge on any atom is -0.355 e. The number of nitrogens with two attached hydrogens (primary N) is 1. The maximum Gasteiger partial charge on any atom is 0.147 e. The van der Waals surface area contributed by atoms with Gasteiger partial charge in [-0.2, -0.15) is 5.26 Å². The van der Waals surface area contributed by atoms with E-state index >= 15 is 0 Å². The first kappa shape index (κ1) is 12.8. The quantitative estimate of drug-likeness (QED) is 0.817. The fraction of sp³-hybridized carbons (Fsp3) is 0.571. The molecular weight excluding hydrogens is 224 g/mol. The third-order valence-electron chi connectivity index (χ3n) is 3.71. The molecule has 2 N–H and O–H groups in total. The van der Waals surface area contributed by atoms with E-state index in [-0.39, 0.29) is 6.04 Å². The molecule has 0 amide bonds. The Labute approximate surface area is 108 Å². The summed E-state index contributed by atoms with van der Waals surface area (Å²) < 4.78 is 0. The summed E-state index contributed by atoms with van der Waals surface area (Å²) in [5, 5.41) is 9.30. The van der Waals surface area contributed by atoms with Crippen LogP contribution in [0.3, 0.4) is 0 Å². The molecular formula is C14H20N4. The van der Waals surface area contributed by atoms with Gasteiger partial charge in [-0.25, -0.2) is 4.98 Å². The Morgan fingerprint density at radius 2 is 2.22 bits per heavy atom. The molecule has 18 heavy (non-hydrogen) atoms. The molecule has 0 aromatic carbocycles. The normalized spacial score (nSPS) is 23.8. The lowest BCUT2D eigenvalue weighted by atomic mass is 9.94. The summed E-state index contributed by atoms with van der Waals surface area (Å²) in [4.78, 5) is 6.75. The SMILES string of the molecule is Cc1cc(C)c(C#N)c(N2CCC(N)C(C)C2)n1. The molecule has 1 aliphatic rings. The third kappa shape index (κ3) is 2.32. The van der Waals surface area contributed by atoms with Crippen LogP contribution in [0.4, 0.5) is 5.82 Å². The maximum absolute atomic E-state index is 9.30. The van der Waals surface area contributed by atoms with E-state index in [4.69, 9.17) is 5.73 Å². The fourth-order valence-electron chi connectivity index (χ4n) is 2.54. The molecule has 1 saturated heterocycles. The number of piperidine rings is 1. The first-order valence-electron chi connectivity index (χ1n) is 6.41. The fourth-order valence-corrected chi connectivity index (χ4v) is 2.54. The summed E-state index contributed by atoms with van der Waals surface area (Å²) >= 11 is 0. The maximum atomic E-state index is 9.30. The van der Waals surface area contributed by atoms with Crippen molar-refractivity contribution in [2.75, 3.05) is 18.0 Å². The van der Waals surface area contributed by atoms with Gasteiger partial charge in [-0.05, 0) is 37.8 Å². The Balaban J connectivity index is 2.36. The molecule has 1 aromatic heterocycles. The summed E-state index contributed by atoms with van der Waals surface area (Å²) in [5.41, 5.74) is 8.70. The molecule has 0 aliphatic carbocycles. The summed E-state index contributed by atoms with van der Waals surface area (Å²) in [5.74, 6) is 1.27. The lowest BCUT2D eigenvalue weighted by Crippen LogP contribution is -2.46. The predicted molar refractivity (Wildman–Crippen MR) is 72.4 cm³/mol. The molecule has 2 heterocycles. The molecule has 0 bridgehead atoms. The highest BCUT2D eigenvalue weighted by atomic mass is 15.2. The van der Waals surface area contributed by atoms with Crippen LogP contribution in [-0.2, 0) is 0 Å². The van der Waals surface area contributed by atoms with Crippen LogP contribution in [0, 0.1) is 31.1 Å². The van der Waals surface area contributed by atoms with Gasteiger partial charge in [0.2, 0.25) is 0 Å². The summed E-state index contributed by atoms with van der Waals surface area (Å²) in [6.07, 6.45) is 0.959. The van der Waals surface area contributed by atoms with E-state index in [2.05, 4.69) is 22.9 Å². The van der Waals surface area contributed by atoms with E-state index in [9.17, 15) is 5.26 Å². The second kappa shape index (κ2) is 4.95. The van der Waals surface area contributed by atoms with Gasteiger partial charge in [0.15, 0.2) is 0 Å². The van der Waals surface area contributed by atoms with E-state index in [1.54, 1.807) is 0 Å². The average molecular weight is 244 g/mol. The van der Waals surface area contributed by atoms with Crippen molar-refractivity contribution in [3.05, 3.63) is 22.9 Å². The van der Waals surface area contributed by atoms with E-state index in [0.29, 0.717) is 11.5 Å². The van der Waals surface area contributed by atoms with Crippen LogP contribution in [0.15, 0.2) is 6.07 Å². The second-order valence-electron chi connectivity index (χ2n) is 5.27. The van der Waals surface area contributed by atoms with Crippen molar-refractivity contribution in [1.29, 1.82) is 5.26 Å². The Bertz CT molecular complexity index is 489. The van der Waals surface area contributed by atoms with Gasteiger partial charge in [-0.1, -0.05) is 6.92 Å². The van der Waals surface area contributed by atoms with Crippen molar-refractivity contribution in [2.24, 2.45) is 11.7 Å². The lowest BCUT2D eigenvalue weighted by molar-refractivity contribution is 0.381. The molecule has 96 valence electrons. The molecule has 0 spiro atoms. The minimum atomic E-state index is 0.262. The highest BCUT2D eigenvalue weighted by Gasteiger charge is 2.26. The number of aromatic nitrogens is 1. The number of rotatable bonds is 1. The van der Waals surface area contributed by atoms with Gasteiger partial charge in [-0.15, -0.1) is 0 Å².